The molecule has 0 amide bonds. The molecule has 0 fully saturated rings. The van der Waals surface area contributed by atoms with E-state index in [1.54, 1.807) is 13.0 Å². The number of aliphatic hydroxyl groups excluding tert-OH is 1. The highest BCUT2D eigenvalue weighted by molar-refractivity contribution is 5.95. The first-order chi connectivity index (χ1) is 14.8. The number of rotatable bonds is 7. The topological polar surface area (TPSA) is 59.3 Å². The number of allylic oxidation sites excluding steroid dienone is 1. The largest absolute Gasteiger partial charge is 0.507 e. The summed E-state index contributed by atoms with van der Waals surface area (Å²) in [5.41, 5.74) is 0.0352. The molecule has 0 saturated carbocycles. The Morgan fingerprint density at radius 2 is 1.77 bits per heavy atom. The Labute approximate surface area is 176 Å². The molecule has 2 aromatic carbocycles. The lowest BCUT2D eigenvalue weighted by Crippen LogP contribution is -2.25. The zero-order chi connectivity index (χ0) is 22.5. The van der Waals surface area contributed by atoms with Gasteiger partial charge < -0.3 is 9.67 Å². The molecule has 0 atom stereocenters. The van der Waals surface area contributed by atoms with Gasteiger partial charge in [-0.05, 0) is 29.3 Å². The Kier molecular flexibility index (Phi) is 6.74. The fourth-order valence-electron chi connectivity index (χ4n) is 3.12. The molecule has 3 rings (SSSR count). The highest BCUT2D eigenvalue weighted by Gasteiger charge is 2.15. The van der Waals surface area contributed by atoms with Gasteiger partial charge in [0.25, 0.3) is 5.56 Å². The molecule has 0 bridgehead atoms. The van der Waals surface area contributed by atoms with E-state index in [0.717, 1.165) is 18.2 Å². The molecule has 1 N–H and O–H groups in total. The van der Waals surface area contributed by atoms with Crippen molar-refractivity contribution in [1.82, 2.24) is 4.57 Å². The minimum Gasteiger partial charge on any atom is -0.507 e. The van der Waals surface area contributed by atoms with Crippen LogP contribution in [0.2, 0.25) is 0 Å². The van der Waals surface area contributed by atoms with E-state index >= 15 is 0 Å². The van der Waals surface area contributed by atoms with Crippen molar-refractivity contribution in [1.29, 1.82) is 0 Å². The van der Waals surface area contributed by atoms with Crippen molar-refractivity contribution in [3.8, 4) is 0 Å². The van der Waals surface area contributed by atoms with Gasteiger partial charge in [0.15, 0.2) is 5.78 Å². The molecular weight excluding hydrogens is 407 g/mol. The van der Waals surface area contributed by atoms with Crippen LogP contribution in [0.4, 0.5) is 13.2 Å². The van der Waals surface area contributed by atoms with E-state index < -0.39 is 28.8 Å². The predicted octanol–water partition coefficient (Wildman–Crippen LogP) is 4.78. The summed E-state index contributed by atoms with van der Waals surface area (Å²) in [5, 5.41) is 10.4. The standard InChI is InChI=1S/C24H20F3NO3/c1-2-19(29)12-23(30)20-10-15(9-16-7-8-18(25)11-22(16)27)13-28(24(20)31)14-17-5-3-4-6-21(17)26/h3-8,10-13,30H,2,9,14H2,1H3. The molecule has 0 aliphatic heterocycles. The second-order valence-electron chi connectivity index (χ2n) is 7.05. The van der Waals surface area contributed by atoms with Crippen LogP contribution in [0.15, 0.2) is 65.6 Å². The van der Waals surface area contributed by atoms with Crippen molar-refractivity contribution in [3.63, 3.8) is 0 Å². The van der Waals surface area contributed by atoms with E-state index in [9.17, 15) is 27.9 Å². The fraction of sp³-hybridized carbons (Fsp3) is 0.167. The number of carbonyl (C=O) groups is 1. The third-order valence-electron chi connectivity index (χ3n) is 4.77. The zero-order valence-corrected chi connectivity index (χ0v) is 16.7. The monoisotopic (exact) mass is 427 g/mol. The van der Waals surface area contributed by atoms with Crippen LogP contribution >= 0.6 is 0 Å². The normalized spacial score (nSPS) is 11.5. The lowest BCUT2D eigenvalue weighted by Gasteiger charge is -2.13. The SMILES string of the molecule is CCC(=O)C=C(O)c1cc(Cc2ccc(F)cc2F)cn(Cc2ccccc2F)c1=O. The summed E-state index contributed by atoms with van der Waals surface area (Å²) < 4.78 is 42.6. The number of aliphatic hydroxyl groups is 1. The Morgan fingerprint density at radius 3 is 2.45 bits per heavy atom. The van der Waals surface area contributed by atoms with Crippen molar-refractivity contribution in [2.24, 2.45) is 0 Å². The van der Waals surface area contributed by atoms with Crippen LogP contribution < -0.4 is 5.56 Å². The van der Waals surface area contributed by atoms with Crippen LogP contribution in [-0.4, -0.2) is 15.5 Å². The molecule has 0 unspecified atom stereocenters. The first-order valence-corrected chi connectivity index (χ1v) is 9.63. The van der Waals surface area contributed by atoms with Crippen molar-refractivity contribution in [2.75, 3.05) is 0 Å². The highest BCUT2D eigenvalue weighted by atomic mass is 19.1. The van der Waals surface area contributed by atoms with Crippen LogP contribution in [0.25, 0.3) is 5.76 Å². The average molecular weight is 427 g/mol. The second-order valence-corrected chi connectivity index (χ2v) is 7.05. The van der Waals surface area contributed by atoms with Gasteiger partial charge in [0.2, 0.25) is 0 Å². The van der Waals surface area contributed by atoms with Gasteiger partial charge in [-0.25, -0.2) is 13.2 Å². The summed E-state index contributed by atoms with van der Waals surface area (Å²) in [6.07, 6.45) is 2.50. The first-order valence-electron chi connectivity index (χ1n) is 9.63. The minimum atomic E-state index is -0.755. The van der Waals surface area contributed by atoms with E-state index in [2.05, 4.69) is 0 Å². The second kappa shape index (κ2) is 9.47. The van der Waals surface area contributed by atoms with Crippen molar-refractivity contribution < 1.29 is 23.1 Å². The number of nitrogens with zero attached hydrogens (tertiary/aromatic N) is 1. The van der Waals surface area contributed by atoms with Crippen molar-refractivity contribution in [2.45, 2.75) is 26.3 Å². The Balaban J connectivity index is 2.10. The van der Waals surface area contributed by atoms with E-state index in [-0.39, 0.29) is 41.9 Å². The van der Waals surface area contributed by atoms with Crippen LogP contribution in [0.1, 0.15) is 35.6 Å². The van der Waals surface area contributed by atoms with Gasteiger partial charge in [-0.2, -0.15) is 0 Å². The van der Waals surface area contributed by atoms with Crippen LogP contribution in [0.5, 0.6) is 0 Å². The predicted molar refractivity (Wildman–Crippen MR) is 111 cm³/mol. The number of pyridine rings is 1. The van der Waals surface area contributed by atoms with E-state index in [0.29, 0.717) is 5.56 Å². The van der Waals surface area contributed by atoms with Gasteiger partial charge >= 0.3 is 0 Å². The van der Waals surface area contributed by atoms with Crippen LogP contribution in [0, 0.1) is 17.5 Å². The van der Waals surface area contributed by atoms with Gasteiger partial charge in [0, 0.05) is 36.7 Å². The van der Waals surface area contributed by atoms with Crippen molar-refractivity contribution >= 4 is 11.5 Å². The molecule has 1 heterocycles. The minimum absolute atomic E-state index is 0.00826. The number of halogens is 3. The zero-order valence-electron chi connectivity index (χ0n) is 16.7. The molecule has 7 heteroatoms. The fourth-order valence-corrected chi connectivity index (χ4v) is 3.12. The first kappa shape index (κ1) is 22.1. The molecule has 0 saturated heterocycles. The quantitative estimate of drug-likeness (QED) is 0.436. The lowest BCUT2D eigenvalue weighted by atomic mass is 10.0. The van der Waals surface area contributed by atoms with E-state index in [1.165, 1.54) is 41.1 Å². The number of ketones is 1. The summed E-state index contributed by atoms with van der Waals surface area (Å²) in [7, 11) is 0. The smallest absolute Gasteiger partial charge is 0.261 e. The molecule has 4 nitrogen and oxygen atoms in total. The molecule has 3 aromatic rings. The maximum absolute atomic E-state index is 14.1. The van der Waals surface area contributed by atoms with E-state index in [1.807, 2.05) is 0 Å². The molecule has 0 spiro atoms. The van der Waals surface area contributed by atoms with Gasteiger partial charge in [0.05, 0.1) is 12.1 Å². The maximum atomic E-state index is 14.1. The molecular formula is C24H20F3NO3. The number of aromatic nitrogens is 1. The highest BCUT2D eigenvalue weighted by Crippen LogP contribution is 2.18. The van der Waals surface area contributed by atoms with Crippen molar-refractivity contribution in [3.05, 3.63) is 111 Å². The molecule has 0 aliphatic carbocycles. The number of hydrogen-bond donors (Lipinski definition) is 1. The Morgan fingerprint density at radius 1 is 1.03 bits per heavy atom. The van der Waals surface area contributed by atoms with Gasteiger partial charge in [-0.3, -0.25) is 9.59 Å². The Hall–Kier alpha value is -3.61. The summed E-state index contributed by atoms with van der Waals surface area (Å²) >= 11 is 0. The summed E-state index contributed by atoms with van der Waals surface area (Å²) in [5.74, 6) is -2.89. The van der Waals surface area contributed by atoms with Gasteiger partial charge in [0.1, 0.15) is 23.2 Å². The lowest BCUT2D eigenvalue weighted by molar-refractivity contribution is -0.114. The summed E-state index contributed by atoms with van der Waals surface area (Å²) in [6.45, 7) is 1.48. The summed E-state index contributed by atoms with van der Waals surface area (Å²) in [6, 6.07) is 10.4. The maximum Gasteiger partial charge on any atom is 0.261 e. The van der Waals surface area contributed by atoms with Gasteiger partial charge in [-0.1, -0.05) is 31.2 Å². The number of benzene rings is 2. The summed E-state index contributed by atoms with van der Waals surface area (Å²) in [4.78, 5) is 24.6. The average Bonchev–Trinajstić information content (AvgIpc) is 2.73. The molecule has 1 aromatic heterocycles. The molecule has 160 valence electrons. The number of hydrogen-bond acceptors (Lipinski definition) is 3. The van der Waals surface area contributed by atoms with E-state index in [4.69, 9.17) is 0 Å². The van der Waals surface area contributed by atoms with Crippen LogP contribution in [0.3, 0.4) is 0 Å². The van der Waals surface area contributed by atoms with Gasteiger partial charge in [-0.15, -0.1) is 0 Å². The third kappa shape index (κ3) is 5.31. The third-order valence-corrected chi connectivity index (χ3v) is 4.77. The molecule has 0 aliphatic rings. The molecule has 0 radical (unpaired) electrons. The van der Waals surface area contributed by atoms with Crippen LogP contribution in [-0.2, 0) is 17.8 Å². The molecule has 31 heavy (non-hydrogen) atoms. The number of carbonyl (C=O) groups excluding carboxylic acids is 1. The Bertz CT molecular complexity index is 1210.